The van der Waals surface area contributed by atoms with Gasteiger partial charge >= 0.3 is 0 Å². The quantitative estimate of drug-likeness (QED) is 0.620. The van der Waals surface area contributed by atoms with E-state index in [9.17, 15) is 9.59 Å². The lowest BCUT2D eigenvalue weighted by Gasteiger charge is -2.35. The van der Waals surface area contributed by atoms with Gasteiger partial charge in [-0.1, -0.05) is 18.2 Å². The van der Waals surface area contributed by atoms with Crippen LogP contribution in [-0.4, -0.2) is 84.9 Å². The van der Waals surface area contributed by atoms with E-state index >= 15 is 0 Å². The molecule has 1 atom stereocenters. The third-order valence-electron chi connectivity index (χ3n) is 8.13. The fourth-order valence-corrected chi connectivity index (χ4v) is 5.99. The number of ether oxygens (including phenoxy) is 2. The Bertz CT molecular complexity index is 1160. The Morgan fingerprint density at radius 1 is 0.861 bits per heavy atom. The van der Waals surface area contributed by atoms with Gasteiger partial charge in [-0.05, 0) is 55.6 Å². The van der Waals surface area contributed by atoms with Crippen molar-refractivity contribution < 1.29 is 19.1 Å². The van der Waals surface area contributed by atoms with E-state index < -0.39 is 6.10 Å². The number of carbonyl (C=O) groups is 2. The number of piperidine rings is 1. The van der Waals surface area contributed by atoms with Gasteiger partial charge in [0.2, 0.25) is 5.78 Å². The molecule has 36 heavy (non-hydrogen) atoms. The molecule has 3 aliphatic heterocycles. The van der Waals surface area contributed by atoms with Crippen molar-refractivity contribution in [1.82, 2.24) is 14.8 Å². The minimum Gasteiger partial charge on any atom is -0.481 e. The normalized spacial score (nSPS) is 23.8. The average Bonchev–Trinajstić information content (AvgIpc) is 3.48. The molecule has 0 N–H and O–H groups in total. The lowest BCUT2D eigenvalue weighted by Crippen LogP contribution is -2.45. The molecule has 0 spiro atoms. The predicted molar refractivity (Wildman–Crippen MR) is 136 cm³/mol. The van der Waals surface area contributed by atoms with Crippen LogP contribution in [0.15, 0.2) is 42.7 Å². The van der Waals surface area contributed by atoms with E-state index in [1.807, 2.05) is 30.3 Å². The molecule has 6 rings (SSSR count). The Balaban J connectivity index is 1.18. The van der Waals surface area contributed by atoms with E-state index in [0.717, 1.165) is 94.0 Å². The van der Waals surface area contributed by atoms with Crippen LogP contribution in [0.25, 0.3) is 11.3 Å². The molecule has 1 aromatic heterocycles. The zero-order valence-corrected chi connectivity index (χ0v) is 20.7. The van der Waals surface area contributed by atoms with Gasteiger partial charge in [-0.3, -0.25) is 19.5 Å². The van der Waals surface area contributed by atoms with Crippen LogP contribution >= 0.6 is 0 Å². The highest BCUT2D eigenvalue weighted by molar-refractivity contribution is 6.31. The molecule has 1 unspecified atom stereocenters. The maximum atomic E-state index is 13.9. The van der Waals surface area contributed by atoms with Gasteiger partial charge in [0.05, 0.1) is 18.8 Å². The van der Waals surface area contributed by atoms with Crippen molar-refractivity contribution in [2.45, 2.75) is 31.8 Å². The third-order valence-corrected chi connectivity index (χ3v) is 8.13. The van der Waals surface area contributed by atoms with Gasteiger partial charge in [-0.2, -0.15) is 0 Å². The number of fused-ring (bicyclic) bond motifs is 1. The Morgan fingerprint density at radius 3 is 2.33 bits per heavy atom. The summed E-state index contributed by atoms with van der Waals surface area (Å²) >= 11 is 0. The summed E-state index contributed by atoms with van der Waals surface area (Å²) in [6, 6.07) is 9.61. The van der Waals surface area contributed by atoms with E-state index in [-0.39, 0.29) is 17.5 Å². The Kier molecular flexibility index (Phi) is 6.69. The number of pyridine rings is 1. The smallest absolute Gasteiger partial charge is 0.207 e. The molecule has 0 radical (unpaired) electrons. The van der Waals surface area contributed by atoms with Crippen LogP contribution in [0.3, 0.4) is 0 Å². The zero-order chi connectivity index (χ0) is 24.5. The average molecular weight is 488 g/mol. The molecule has 7 nitrogen and oxygen atoms in total. The van der Waals surface area contributed by atoms with Crippen molar-refractivity contribution in [3.63, 3.8) is 0 Å². The Labute approximate surface area is 212 Å². The Hall–Kier alpha value is -2.87. The fourth-order valence-electron chi connectivity index (χ4n) is 5.99. The van der Waals surface area contributed by atoms with E-state index in [4.69, 9.17) is 9.47 Å². The Morgan fingerprint density at radius 2 is 1.58 bits per heavy atom. The number of aromatic nitrogens is 1. The van der Waals surface area contributed by atoms with Crippen LogP contribution in [0.2, 0.25) is 0 Å². The summed E-state index contributed by atoms with van der Waals surface area (Å²) in [6.45, 7) is 7.81. The summed E-state index contributed by atoms with van der Waals surface area (Å²) in [7, 11) is 0. The molecule has 4 heterocycles. The van der Waals surface area contributed by atoms with E-state index in [1.54, 1.807) is 12.4 Å². The number of aryl methyl sites for hydroxylation is 1. The summed E-state index contributed by atoms with van der Waals surface area (Å²) in [4.78, 5) is 35.1. The van der Waals surface area contributed by atoms with Crippen molar-refractivity contribution in [2.24, 2.45) is 5.92 Å². The highest BCUT2D eigenvalue weighted by Crippen LogP contribution is 2.41. The molecule has 2 fully saturated rings. The van der Waals surface area contributed by atoms with Crippen LogP contribution in [0, 0.1) is 5.92 Å². The number of likely N-dealkylation sites (tertiary alicyclic amines) is 1. The first kappa shape index (κ1) is 23.5. The van der Waals surface area contributed by atoms with Crippen LogP contribution in [0.4, 0.5) is 0 Å². The maximum Gasteiger partial charge on any atom is 0.207 e. The molecule has 4 aliphatic rings. The molecule has 0 bridgehead atoms. The first-order valence-corrected chi connectivity index (χ1v) is 13.2. The van der Waals surface area contributed by atoms with Crippen LogP contribution in [0.5, 0.6) is 0 Å². The van der Waals surface area contributed by atoms with Crippen LogP contribution in [-0.2, 0) is 20.7 Å². The van der Waals surface area contributed by atoms with Gasteiger partial charge in [0.25, 0.3) is 0 Å². The maximum absolute atomic E-state index is 13.9. The van der Waals surface area contributed by atoms with Gasteiger partial charge in [0, 0.05) is 62.0 Å². The lowest BCUT2D eigenvalue weighted by atomic mass is 9.86. The molecule has 1 aromatic carbocycles. The topological polar surface area (TPSA) is 72.0 Å². The number of ketones is 2. The predicted octanol–water partition coefficient (Wildman–Crippen LogP) is 3.09. The van der Waals surface area contributed by atoms with Crippen LogP contribution < -0.4 is 0 Å². The molecule has 7 heteroatoms. The molecule has 2 aromatic rings. The van der Waals surface area contributed by atoms with E-state index in [1.165, 1.54) is 0 Å². The molecule has 0 amide bonds. The number of hydrogen-bond donors (Lipinski definition) is 0. The van der Waals surface area contributed by atoms with Gasteiger partial charge in [-0.25, -0.2) is 0 Å². The number of benzene rings is 1. The molecule has 2 saturated heterocycles. The SMILES string of the molecule is O=C1CCc2cc(C3=C(c4ccncc4)OC(C4CCN(CCN5CCOCC5)CC4)C3=O)ccc21. The second-order valence-corrected chi connectivity index (χ2v) is 10.3. The summed E-state index contributed by atoms with van der Waals surface area (Å²) in [5.74, 6) is 1.10. The second-order valence-electron chi connectivity index (χ2n) is 10.3. The van der Waals surface area contributed by atoms with Gasteiger partial charge < -0.3 is 14.4 Å². The van der Waals surface area contributed by atoms with Crippen molar-refractivity contribution in [3.05, 3.63) is 65.0 Å². The van der Waals surface area contributed by atoms with Crippen molar-refractivity contribution in [1.29, 1.82) is 0 Å². The fraction of sp³-hybridized carbons (Fsp3) is 0.483. The van der Waals surface area contributed by atoms with Gasteiger partial charge in [0.15, 0.2) is 11.9 Å². The molecule has 1 aliphatic carbocycles. The molecule has 0 saturated carbocycles. The van der Waals surface area contributed by atoms with Crippen LogP contribution in [0.1, 0.15) is 46.3 Å². The molecular weight excluding hydrogens is 454 g/mol. The van der Waals surface area contributed by atoms with Crippen molar-refractivity contribution >= 4 is 22.9 Å². The van der Waals surface area contributed by atoms with Crippen molar-refractivity contribution in [2.75, 3.05) is 52.5 Å². The summed E-state index contributed by atoms with van der Waals surface area (Å²) < 4.78 is 11.9. The zero-order valence-electron chi connectivity index (χ0n) is 20.7. The minimum atomic E-state index is -0.459. The third kappa shape index (κ3) is 4.63. The number of rotatable bonds is 6. The van der Waals surface area contributed by atoms with Gasteiger partial charge in [0.1, 0.15) is 5.76 Å². The van der Waals surface area contributed by atoms with Crippen molar-refractivity contribution in [3.8, 4) is 0 Å². The largest absolute Gasteiger partial charge is 0.481 e. The standard InChI is InChI=1S/C29H33N3O4/c33-25-4-2-22-19-23(1-3-24(22)25)26-27(34)29(36-28(26)20-5-9-30-10-6-20)21-7-11-31(12-8-21)13-14-32-15-17-35-18-16-32/h1,3,5-6,9-10,19,21,29H,2,4,7-8,11-18H2. The number of Topliss-reactive ketones (excluding diaryl/α,β-unsaturated/α-hetero) is 2. The number of nitrogens with zero attached hydrogens (tertiary/aromatic N) is 3. The summed E-state index contributed by atoms with van der Waals surface area (Å²) in [6.07, 6.45) is 6.20. The highest BCUT2D eigenvalue weighted by Gasteiger charge is 2.42. The molecular formula is C29H33N3O4. The molecule has 188 valence electrons. The van der Waals surface area contributed by atoms with E-state index in [0.29, 0.717) is 17.8 Å². The first-order chi connectivity index (χ1) is 17.7. The second kappa shape index (κ2) is 10.2. The minimum absolute atomic E-state index is 0.0675. The highest BCUT2D eigenvalue weighted by atomic mass is 16.5. The number of morpholine rings is 1. The summed E-state index contributed by atoms with van der Waals surface area (Å²) in [5.41, 5.74) is 4.19. The van der Waals surface area contributed by atoms with E-state index in [2.05, 4.69) is 14.8 Å². The first-order valence-electron chi connectivity index (χ1n) is 13.2. The monoisotopic (exact) mass is 487 g/mol. The number of hydrogen-bond acceptors (Lipinski definition) is 7. The summed E-state index contributed by atoms with van der Waals surface area (Å²) in [5, 5.41) is 0. The van der Waals surface area contributed by atoms with Gasteiger partial charge in [-0.15, -0.1) is 0 Å². The lowest BCUT2D eigenvalue weighted by molar-refractivity contribution is -0.122. The number of carbonyl (C=O) groups excluding carboxylic acids is 2.